The molecule has 2 aliphatic rings. The number of fused-ring (bicyclic) bond motifs is 1. The molecule has 196 valence electrons. The summed E-state index contributed by atoms with van der Waals surface area (Å²) in [6.07, 6.45) is -1.93. The Morgan fingerprint density at radius 3 is 2.62 bits per heavy atom. The van der Waals surface area contributed by atoms with E-state index >= 15 is 0 Å². The Kier molecular flexibility index (Phi) is 6.62. The third-order valence-corrected chi connectivity index (χ3v) is 6.65. The first kappa shape index (κ1) is 24.5. The van der Waals surface area contributed by atoms with Crippen molar-refractivity contribution in [2.24, 2.45) is 4.99 Å². The Bertz CT molecular complexity index is 1560. The quantitative estimate of drug-likeness (QED) is 0.357. The van der Waals surface area contributed by atoms with Crippen molar-refractivity contribution in [2.75, 3.05) is 41.8 Å². The number of morpholine rings is 1. The van der Waals surface area contributed by atoms with Gasteiger partial charge in [0.15, 0.2) is 12.4 Å². The van der Waals surface area contributed by atoms with E-state index in [1.54, 1.807) is 13.0 Å². The molecule has 2 aromatic heterocycles. The average molecular weight is 523 g/mol. The largest absolute Gasteiger partial charge is 0.403 e. The maximum atomic E-state index is 11.0. The number of aliphatic hydroxyl groups is 1. The summed E-state index contributed by atoms with van der Waals surface area (Å²) in [4.78, 5) is 11.6. The summed E-state index contributed by atoms with van der Waals surface area (Å²) in [5.41, 5.74) is 4.84. The number of rotatable bonds is 5. The molecule has 11 nitrogen and oxygen atoms in total. The van der Waals surface area contributed by atoms with Crippen LogP contribution in [0.1, 0.15) is 22.4 Å². The van der Waals surface area contributed by atoms with Crippen molar-refractivity contribution in [3.05, 3.63) is 83.0 Å². The van der Waals surface area contributed by atoms with Crippen molar-refractivity contribution in [3.8, 4) is 17.5 Å². The Hall–Kier alpha value is -4.79. The van der Waals surface area contributed by atoms with Gasteiger partial charge >= 0.3 is 6.01 Å². The Labute approximate surface area is 224 Å². The van der Waals surface area contributed by atoms with Gasteiger partial charge in [-0.25, -0.2) is 4.98 Å². The van der Waals surface area contributed by atoms with Gasteiger partial charge in [-0.1, -0.05) is 53.6 Å². The number of benzodiazepines with no additional fused rings is 1. The first-order valence-corrected chi connectivity index (χ1v) is 12.6. The summed E-state index contributed by atoms with van der Waals surface area (Å²) in [6, 6.07) is 21.4. The second kappa shape index (κ2) is 10.5. The Morgan fingerprint density at radius 2 is 1.82 bits per heavy atom. The van der Waals surface area contributed by atoms with Crippen LogP contribution in [0.4, 0.5) is 17.5 Å². The maximum Gasteiger partial charge on any atom is 0.317 e. The van der Waals surface area contributed by atoms with Gasteiger partial charge in [0.25, 0.3) is 5.89 Å². The molecule has 4 heterocycles. The number of nitrogens with zero attached hydrogens (tertiary/aromatic N) is 6. The van der Waals surface area contributed by atoms with E-state index in [0.29, 0.717) is 54.7 Å². The van der Waals surface area contributed by atoms with Gasteiger partial charge in [-0.05, 0) is 19.1 Å². The van der Waals surface area contributed by atoms with E-state index in [0.717, 1.165) is 16.8 Å². The topological polar surface area (TPSA) is 145 Å². The molecule has 0 aliphatic carbocycles. The van der Waals surface area contributed by atoms with E-state index < -0.39 is 12.4 Å². The zero-order valence-electron chi connectivity index (χ0n) is 21.2. The molecule has 0 amide bonds. The Balaban J connectivity index is 1.35. The van der Waals surface area contributed by atoms with E-state index in [4.69, 9.17) is 14.1 Å². The number of aromatic nitrogens is 3. The molecule has 11 heteroatoms. The lowest BCUT2D eigenvalue weighted by Gasteiger charge is -2.29. The van der Waals surface area contributed by atoms with Crippen LogP contribution in [0.25, 0.3) is 11.5 Å². The van der Waals surface area contributed by atoms with Gasteiger partial charge in [-0.15, -0.1) is 5.10 Å². The monoisotopic (exact) mass is 522 g/mol. The summed E-state index contributed by atoms with van der Waals surface area (Å²) < 4.78 is 11.5. The molecule has 4 aromatic rings. The van der Waals surface area contributed by atoms with Crippen LogP contribution < -0.4 is 15.5 Å². The molecular formula is C28H26N8O3. The maximum absolute atomic E-state index is 11.0. The zero-order valence-corrected chi connectivity index (χ0v) is 21.2. The van der Waals surface area contributed by atoms with Crippen molar-refractivity contribution in [1.29, 1.82) is 5.26 Å². The lowest BCUT2D eigenvalue weighted by molar-refractivity contribution is 0.122. The van der Waals surface area contributed by atoms with E-state index in [1.165, 1.54) is 0 Å². The summed E-state index contributed by atoms with van der Waals surface area (Å²) >= 11 is 0. The zero-order chi connectivity index (χ0) is 26.8. The number of aliphatic imine (C=N–C) groups is 1. The number of para-hydroxylation sites is 1. The SMILES string of the molecule is Cc1nc(N2CCOCC2)c(-c2nnc(N[C@H]3N=C(c4ccccc4)c4ccccc4NC3O)o2)cc1C#N. The minimum atomic E-state index is -1.09. The lowest BCUT2D eigenvalue weighted by atomic mass is 10.0. The highest BCUT2D eigenvalue weighted by atomic mass is 16.5. The molecule has 1 fully saturated rings. The molecular weight excluding hydrogens is 496 g/mol. The minimum absolute atomic E-state index is 0.0741. The number of nitriles is 1. The van der Waals surface area contributed by atoms with Gasteiger partial charge in [-0.3, -0.25) is 4.99 Å². The van der Waals surface area contributed by atoms with Crippen LogP contribution in [0.5, 0.6) is 0 Å². The highest BCUT2D eigenvalue weighted by molar-refractivity contribution is 6.16. The molecule has 2 aromatic carbocycles. The van der Waals surface area contributed by atoms with E-state index in [2.05, 4.69) is 36.8 Å². The van der Waals surface area contributed by atoms with Gasteiger partial charge in [0, 0.05) is 29.9 Å². The fourth-order valence-electron chi connectivity index (χ4n) is 4.67. The normalized spacial score (nSPS) is 18.8. The van der Waals surface area contributed by atoms with Gasteiger partial charge in [-0.2, -0.15) is 5.26 Å². The summed E-state index contributed by atoms with van der Waals surface area (Å²) in [6.45, 7) is 4.26. The van der Waals surface area contributed by atoms with Crippen LogP contribution >= 0.6 is 0 Å². The minimum Gasteiger partial charge on any atom is -0.403 e. The van der Waals surface area contributed by atoms with Crippen molar-refractivity contribution in [3.63, 3.8) is 0 Å². The highest BCUT2D eigenvalue weighted by Crippen LogP contribution is 2.32. The highest BCUT2D eigenvalue weighted by Gasteiger charge is 2.28. The van der Waals surface area contributed by atoms with Crippen molar-refractivity contribution in [1.82, 2.24) is 15.2 Å². The summed E-state index contributed by atoms with van der Waals surface area (Å²) in [7, 11) is 0. The van der Waals surface area contributed by atoms with E-state index in [1.807, 2.05) is 54.6 Å². The number of pyridine rings is 1. The van der Waals surface area contributed by atoms with Crippen LogP contribution in [-0.4, -0.2) is 64.7 Å². The van der Waals surface area contributed by atoms with Crippen LogP contribution in [-0.2, 0) is 4.74 Å². The fraction of sp³-hybridized carbons (Fsp3) is 0.250. The molecule has 3 N–H and O–H groups in total. The van der Waals surface area contributed by atoms with Crippen LogP contribution in [0.3, 0.4) is 0 Å². The predicted molar refractivity (Wildman–Crippen MR) is 146 cm³/mol. The molecule has 2 atom stereocenters. The predicted octanol–water partition coefficient (Wildman–Crippen LogP) is 3.17. The first-order valence-electron chi connectivity index (χ1n) is 12.6. The molecule has 39 heavy (non-hydrogen) atoms. The Morgan fingerprint density at radius 1 is 1.05 bits per heavy atom. The molecule has 0 saturated carbocycles. The van der Waals surface area contributed by atoms with Crippen molar-refractivity contribution >= 4 is 23.2 Å². The molecule has 1 saturated heterocycles. The number of ether oxygens (including phenoxy) is 1. The molecule has 0 spiro atoms. The number of benzene rings is 2. The first-order chi connectivity index (χ1) is 19.1. The smallest absolute Gasteiger partial charge is 0.317 e. The third kappa shape index (κ3) is 4.90. The van der Waals surface area contributed by atoms with E-state index in [-0.39, 0.29) is 11.9 Å². The number of anilines is 3. The fourth-order valence-corrected chi connectivity index (χ4v) is 4.67. The molecule has 2 aliphatic heterocycles. The average Bonchev–Trinajstić information content (AvgIpc) is 3.39. The second-order valence-corrected chi connectivity index (χ2v) is 9.18. The van der Waals surface area contributed by atoms with Gasteiger partial charge in [0.2, 0.25) is 0 Å². The number of hydrogen-bond donors (Lipinski definition) is 3. The number of hydrogen-bond acceptors (Lipinski definition) is 11. The molecule has 0 bridgehead atoms. The number of nitrogens with one attached hydrogen (secondary N) is 2. The third-order valence-electron chi connectivity index (χ3n) is 6.65. The van der Waals surface area contributed by atoms with Gasteiger partial charge < -0.3 is 29.8 Å². The standard InChI is InChI=1S/C28H26N8O3/c1-17-19(16-29)15-21(25(30-17)36-11-13-38-14-12-36)27-34-35-28(39-27)33-24-26(37)31-22-10-6-5-9-20(22)23(32-24)18-7-3-2-4-8-18/h2-10,15,24,26,31,37H,11-14H2,1H3,(H,33,35)/t24-,26?/m1/s1. The van der Waals surface area contributed by atoms with Crippen molar-refractivity contribution in [2.45, 2.75) is 19.3 Å². The van der Waals surface area contributed by atoms with Crippen LogP contribution in [0.15, 0.2) is 70.1 Å². The van der Waals surface area contributed by atoms with Crippen molar-refractivity contribution < 1.29 is 14.3 Å². The lowest BCUT2D eigenvalue weighted by Crippen LogP contribution is -2.37. The molecule has 6 rings (SSSR count). The van der Waals surface area contributed by atoms with E-state index in [9.17, 15) is 10.4 Å². The number of aliphatic hydroxyl groups excluding tert-OH is 1. The number of aryl methyl sites for hydroxylation is 1. The molecule has 0 radical (unpaired) electrons. The second-order valence-electron chi connectivity index (χ2n) is 9.18. The summed E-state index contributed by atoms with van der Waals surface area (Å²) in [5.74, 6) is 0.857. The summed E-state index contributed by atoms with van der Waals surface area (Å²) in [5, 5.41) is 35.3. The molecule has 1 unspecified atom stereocenters. The van der Waals surface area contributed by atoms with Gasteiger partial charge in [0.1, 0.15) is 11.9 Å². The van der Waals surface area contributed by atoms with Crippen LogP contribution in [0.2, 0.25) is 0 Å². The van der Waals surface area contributed by atoms with Crippen LogP contribution in [0, 0.1) is 18.3 Å². The van der Waals surface area contributed by atoms with Gasteiger partial charge in [0.05, 0.1) is 35.7 Å².